The molecule has 0 aliphatic rings. The maximum Gasteiger partial charge on any atom is 0.252 e. The predicted octanol–water partition coefficient (Wildman–Crippen LogP) is -1.07. The van der Waals surface area contributed by atoms with Crippen LogP contribution < -0.4 is 22.3 Å². The van der Waals surface area contributed by atoms with Crippen LogP contribution in [-0.2, 0) is 13.1 Å². The van der Waals surface area contributed by atoms with E-state index in [-0.39, 0.29) is 18.3 Å². The Morgan fingerprint density at radius 1 is 1.11 bits per heavy atom. The first-order chi connectivity index (χ1) is 8.79. The highest BCUT2D eigenvalue weighted by Crippen LogP contribution is 2.00. The van der Waals surface area contributed by atoms with Gasteiger partial charge in [0, 0.05) is 18.7 Å². The quantitative estimate of drug-likeness (QED) is 0.709. The van der Waals surface area contributed by atoms with E-state index in [9.17, 15) is 4.79 Å². The molecule has 0 radical (unpaired) electrons. The molecule has 1 heterocycles. The van der Waals surface area contributed by atoms with Gasteiger partial charge in [0.05, 0.1) is 5.56 Å². The molecule has 0 aliphatic carbocycles. The molecule has 2 rings (SSSR count). The fourth-order valence-corrected chi connectivity index (χ4v) is 1.70. The lowest BCUT2D eigenvalue weighted by Crippen LogP contribution is -3.00. The second kappa shape index (κ2) is 7.54. The van der Waals surface area contributed by atoms with Crippen LogP contribution in [0.5, 0.6) is 0 Å². The molecule has 1 aromatic carbocycles. The van der Waals surface area contributed by atoms with E-state index in [4.69, 9.17) is 0 Å². The van der Waals surface area contributed by atoms with Gasteiger partial charge in [-0.1, -0.05) is 30.3 Å². The fourth-order valence-electron chi connectivity index (χ4n) is 1.70. The molecule has 0 atom stereocenters. The van der Waals surface area contributed by atoms with Crippen molar-refractivity contribution in [1.82, 2.24) is 5.32 Å². The van der Waals surface area contributed by atoms with E-state index < -0.39 is 0 Å². The maximum atomic E-state index is 11.9. The minimum absolute atomic E-state index is 0. The molecule has 0 saturated heterocycles. The number of hydrogen-bond donors (Lipinski definition) is 1. The number of aryl methyl sites for hydroxylation is 1. The number of carbonyl (C=O) groups is 1. The van der Waals surface area contributed by atoms with Crippen molar-refractivity contribution in [3.63, 3.8) is 0 Å². The van der Waals surface area contributed by atoms with Crippen molar-refractivity contribution in [2.75, 3.05) is 0 Å². The van der Waals surface area contributed by atoms with Crippen LogP contribution in [0.4, 0.5) is 0 Å². The third kappa shape index (κ3) is 4.38. The van der Waals surface area contributed by atoms with Crippen molar-refractivity contribution in [2.24, 2.45) is 0 Å². The Morgan fingerprint density at radius 2 is 1.74 bits per heavy atom. The van der Waals surface area contributed by atoms with E-state index in [0.717, 1.165) is 12.1 Å². The number of nitrogens with one attached hydrogen (secondary N) is 1. The molecule has 0 spiro atoms. The summed E-state index contributed by atoms with van der Waals surface area (Å²) in [5, 5.41) is 2.90. The Bertz CT molecular complexity index is 511. The number of nitrogens with zero attached hydrogens (tertiary/aromatic N) is 1. The Balaban J connectivity index is 0.00000180. The van der Waals surface area contributed by atoms with Crippen molar-refractivity contribution >= 4 is 5.91 Å². The average molecular weight is 277 g/mol. The molecule has 19 heavy (non-hydrogen) atoms. The van der Waals surface area contributed by atoms with Gasteiger partial charge in [0.2, 0.25) is 0 Å². The van der Waals surface area contributed by atoms with Crippen LogP contribution in [0.15, 0.2) is 54.9 Å². The molecular weight excluding hydrogens is 260 g/mol. The van der Waals surface area contributed by atoms with Crippen LogP contribution in [0.25, 0.3) is 0 Å². The lowest BCUT2D eigenvalue weighted by atomic mass is 10.2. The highest BCUT2D eigenvalue weighted by molar-refractivity contribution is 5.93. The van der Waals surface area contributed by atoms with E-state index in [1.54, 1.807) is 0 Å². The zero-order valence-corrected chi connectivity index (χ0v) is 11.6. The van der Waals surface area contributed by atoms with Crippen LogP contribution in [0.3, 0.4) is 0 Å². The summed E-state index contributed by atoms with van der Waals surface area (Å²) in [4.78, 5) is 11.9. The van der Waals surface area contributed by atoms with E-state index in [2.05, 4.69) is 12.2 Å². The third-order valence-electron chi connectivity index (χ3n) is 2.81. The van der Waals surface area contributed by atoms with Crippen LogP contribution in [0.1, 0.15) is 22.8 Å². The van der Waals surface area contributed by atoms with E-state index in [1.807, 2.05) is 59.4 Å². The minimum atomic E-state index is -0.0397. The largest absolute Gasteiger partial charge is 1.00 e. The number of aromatic nitrogens is 1. The van der Waals surface area contributed by atoms with Crippen molar-refractivity contribution in [3.8, 4) is 0 Å². The van der Waals surface area contributed by atoms with Gasteiger partial charge < -0.3 is 17.7 Å². The number of amides is 1. The van der Waals surface area contributed by atoms with Crippen LogP contribution in [-0.4, -0.2) is 5.91 Å². The first-order valence-electron chi connectivity index (χ1n) is 6.11. The lowest BCUT2D eigenvalue weighted by molar-refractivity contribution is -0.693. The average Bonchev–Trinajstić information content (AvgIpc) is 2.46. The summed E-state index contributed by atoms with van der Waals surface area (Å²) in [5.74, 6) is -0.0397. The summed E-state index contributed by atoms with van der Waals surface area (Å²) >= 11 is 0. The molecule has 1 aromatic heterocycles. The van der Waals surface area contributed by atoms with Gasteiger partial charge in [0.25, 0.3) is 5.91 Å². The zero-order valence-electron chi connectivity index (χ0n) is 10.8. The third-order valence-corrected chi connectivity index (χ3v) is 2.81. The van der Waals surface area contributed by atoms with Gasteiger partial charge in [-0.05, 0) is 12.5 Å². The van der Waals surface area contributed by atoms with Crippen molar-refractivity contribution in [2.45, 2.75) is 20.0 Å². The second-order valence-electron chi connectivity index (χ2n) is 4.09. The van der Waals surface area contributed by atoms with Crippen LogP contribution in [0, 0.1) is 0 Å². The van der Waals surface area contributed by atoms with Gasteiger partial charge in [-0.2, -0.15) is 0 Å². The number of pyridine rings is 1. The normalized spacial score (nSPS) is 9.53. The maximum absolute atomic E-state index is 11.9. The molecular formula is C15H17ClN2O. The van der Waals surface area contributed by atoms with Gasteiger partial charge >= 0.3 is 0 Å². The number of hydrogen-bond acceptors (Lipinski definition) is 1. The van der Waals surface area contributed by atoms with E-state index in [1.165, 1.54) is 0 Å². The predicted molar refractivity (Wildman–Crippen MR) is 69.9 cm³/mol. The van der Waals surface area contributed by atoms with Gasteiger partial charge in [0.15, 0.2) is 12.4 Å². The highest BCUT2D eigenvalue weighted by atomic mass is 35.5. The Morgan fingerprint density at radius 3 is 2.32 bits per heavy atom. The molecule has 0 aliphatic heterocycles. The summed E-state index contributed by atoms with van der Waals surface area (Å²) in [6, 6.07) is 13.6. The fraction of sp³-hybridized carbons (Fsp3) is 0.200. The smallest absolute Gasteiger partial charge is 0.252 e. The van der Waals surface area contributed by atoms with Crippen molar-refractivity contribution < 1.29 is 21.8 Å². The summed E-state index contributed by atoms with van der Waals surface area (Å²) in [7, 11) is 0. The van der Waals surface area contributed by atoms with E-state index in [0.29, 0.717) is 12.1 Å². The van der Waals surface area contributed by atoms with E-state index >= 15 is 0 Å². The summed E-state index contributed by atoms with van der Waals surface area (Å²) in [6.07, 6.45) is 3.83. The van der Waals surface area contributed by atoms with Gasteiger partial charge in [-0.15, -0.1) is 0 Å². The second-order valence-corrected chi connectivity index (χ2v) is 4.09. The molecule has 0 fully saturated rings. The van der Waals surface area contributed by atoms with Gasteiger partial charge in [-0.3, -0.25) is 4.79 Å². The lowest BCUT2D eigenvalue weighted by Gasteiger charge is -2.04. The molecule has 0 saturated carbocycles. The van der Waals surface area contributed by atoms with Crippen LogP contribution in [0.2, 0.25) is 0 Å². The van der Waals surface area contributed by atoms with Crippen LogP contribution >= 0.6 is 0 Å². The summed E-state index contributed by atoms with van der Waals surface area (Å²) in [6.45, 7) is 3.53. The molecule has 2 aromatic rings. The number of rotatable bonds is 4. The molecule has 0 bridgehead atoms. The zero-order chi connectivity index (χ0) is 12.8. The number of benzene rings is 1. The molecule has 1 amide bonds. The molecule has 3 nitrogen and oxygen atoms in total. The Kier molecular flexibility index (Phi) is 6.03. The number of carbonyl (C=O) groups excluding carboxylic acids is 1. The first-order valence-corrected chi connectivity index (χ1v) is 6.11. The molecule has 4 heteroatoms. The van der Waals surface area contributed by atoms with Gasteiger partial charge in [0.1, 0.15) is 6.54 Å². The molecule has 0 unspecified atom stereocenters. The molecule has 100 valence electrons. The summed E-state index contributed by atoms with van der Waals surface area (Å²) in [5.41, 5.74) is 1.79. The van der Waals surface area contributed by atoms with Gasteiger partial charge in [-0.25, -0.2) is 4.57 Å². The first kappa shape index (κ1) is 15.2. The Labute approximate surface area is 119 Å². The standard InChI is InChI=1S/C15H16N2O.ClH/c1-2-17-10-8-14(9-11-17)15(18)16-12-13-6-4-3-5-7-13;/h3-11H,2,12H2,1H3;1H. The topological polar surface area (TPSA) is 33.0 Å². The number of halogens is 1. The minimum Gasteiger partial charge on any atom is -1.00 e. The molecule has 1 N–H and O–H groups in total. The van der Waals surface area contributed by atoms with Crippen molar-refractivity contribution in [1.29, 1.82) is 0 Å². The Hall–Kier alpha value is -1.87. The SMILES string of the molecule is CC[n+]1ccc(C(=O)NCc2ccccc2)cc1.[Cl-]. The van der Waals surface area contributed by atoms with Crippen molar-refractivity contribution in [3.05, 3.63) is 66.0 Å². The highest BCUT2D eigenvalue weighted by Gasteiger charge is 2.06. The summed E-state index contributed by atoms with van der Waals surface area (Å²) < 4.78 is 2.02. The monoisotopic (exact) mass is 276 g/mol.